The molecule has 0 aliphatic carbocycles. The van der Waals surface area contributed by atoms with Gasteiger partial charge in [0.05, 0.1) is 16.7 Å². The Morgan fingerprint density at radius 1 is 1.15 bits per heavy atom. The smallest absolute Gasteiger partial charge is 0.258 e. The van der Waals surface area contributed by atoms with E-state index in [4.69, 9.17) is 0 Å². The molecule has 2 aromatic carbocycles. The number of hydrogen-bond acceptors (Lipinski definition) is 7. The minimum Gasteiger partial charge on any atom is -0.330 e. The average molecular weight is 446 g/mol. The van der Waals surface area contributed by atoms with Crippen LogP contribution in [0.4, 0.5) is 10.8 Å². The van der Waals surface area contributed by atoms with Gasteiger partial charge in [0.2, 0.25) is 5.13 Å². The van der Waals surface area contributed by atoms with Crippen LogP contribution in [0, 0.1) is 0 Å². The summed E-state index contributed by atoms with van der Waals surface area (Å²) in [6.07, 6.45) is 0. The number of nitrogens with zero attached hydrogens (tertiary/aromatic N) is 3. The van der Waals surface area contributed by atoms with Crippen LogP contribution in [0.2, 0.25) is 0 Å². The summed E-state index contributed by atoms with van der Waals surface area (Å²) in [5.41, 5.74) is 1.51. The number of aromatic amines is 1. The Morgan fingerprint density at radius 2 is 2.04 bits per heavy atom. The van der Waals surface area contributed by atoms with Crippen molar-refractivity contribution in [3.05, 3.63) is 69.2 Å². The van der Waals surface area contributed by atoms with E-state index in [-0.39, 0.29) is 5.56 Å². The molecule has 0 unspecified atom stereocenters. The highest BCUT2D eigenvalue weighted by Crippen LogP contribution is 2.29. The van der Waals surface area contributed by atoms with E-state index < -0.39 is 0 Å². The van der Waals surface area contributed by atoms with Gasteiger partial charge in [0.15, 0.2) is 4.34 Å². The van der Waals surface area contributed by atoms with Gasteiger partial charge in [0.1, 0.15) is 5.82 Å². The summed E-state index contributed by atoms with van der Waals surface area (Å²) < 4.78 is 1.80. The van der Waals surface area contributed by atoms with Gasteiger partial charge in [-0.25, -0.2) is 4.98 Å². The van der Waals surface area contributed by atoms with Crippen LogP contribution in [0.1, 0.15) is 5.82 Å². The molecule has 0 aliphatic heterocycles. The second-order valence-electron chi connectivity index (χ2n) is 5.33. The first-order chi connectivity index (χ1) is 12.7. The predicted molar refractivity (Wildman–Crippen MR) is 109 cm³/mol. The fraction of sp³-hybridized carbons (Fsp3) is 0.0588. The quantitative estimate of drug-likeness (QED) is 0.437. The molecule has 6 nitrogen and oxygen atoms in total. The molecule has 4 rings (SSSR count). The van der Waals surface area contributed by atoms with Gasteiger partial charge < -0.3 is 10.3 Å². The molecule has 0 saturated carbocycles. The maximum atomic E-state index is 12.1. The van der Waals surface area contributed by atoms with Gasteiger partial charge in [-0.05, 0) is 30.3 Å². The number of fused-ring (bicyclic) bond motifs is 1. The summed E-state index contributed by atoms with van der Waals surface area (Å²) in [6.45, 7) is 0. The molecular weight excluding hydrogens is 434 g/mol. The lowest BCUT2D eigenvalue weighted by Gasteiger charge is -2.02. The normalized spacial score (nSPS) is 11.0. The third-order valence-electron chi connectivity index (χ3n) is 3.48. The summed E-state index contributed by atoms with van der Waals surface area (Å²) in [5, 5.41) is 12.9. The van der Waals surface area contributed by atoms with Gasteiger partial charge in [-0.15, -0.1) is 10.2 Å². The van der Waals surface area contributed by atoms with E-state index >= 15 is 0 Å². The van der Waals surface area contributed by atoms with Crippen molar-refractivity contribution in [1.29, 1.82) is 0 Å². The zero-order valence-electron chi connectivity index (χ0n) is 13.3. The van der Waals surface area contributed by atoms with E-state index in [0.29, 0.717) is 27.6 Å². The van der Waals surface area contributed by atoms with Gasteiger partial charge in [0.25, 0.3) is 5.56 Å². The first kappa shape index (κ1) is 17.2. The van der Waals surface area contributed by atoms with Crippen molar-refractivity contribution in [2.45, 2.75) is 10.1 Å². The highest BCUT2D eigenvalue weighted by molar-refractivity contribution is 9.10. The summed E-state index contributed by atoms with van der Waals surface area (Å²) in [7, 11) is 0. The highest BCUT2D eigenvalue weighted by atomic mass is 79.9. The van der Waals surface area contributed by atoms with Gasteiger partial charge in [-0.2, -0.15) is 0 Å². The summed E-state index contributed by atoms with van der Waals surface area (Å²) in [4.78, 5) is 19.4. The van der Waals surface area contributed by atoms with Gasteiger partial charge in [-0.1, -0.05) is 57.2 Å². The molecule has 2 heterocycles. The minimum absolute atomic E-state index is 0.125. The zero-order valence-corrected chi connectivity index (χ0v) is 16.5. The first-order valence-electron chi connectivity index (χ1n) is 7.64. The molecule has 0 saturated heterocycles. The number of halogens is 1. The van der Waals surface area contributed by atoms with E-state index in [9.17, 15) is 4.79 Å². The van der Waals surface area contributed by atoms with Crippen LogP contribution in [-0.2, 0) is 5.75 Å². The Hall–Kier alpha value is -2.23. The molecule has 0 spiro atoms. The number of para-hydroxylation sites is 1. The SMILES string of the molecule is O=c1[nH]c(CSc2nnc(Nc3cccc(Br)c3)s2)nc2ccccc12. The molecule has 0 radical (unpaired) electrons. The molecule has 2 aromatic heterocycles. The Balaban J connectivity index is 1.46. The van der Waals surface area contributed by atoms with Crippen LogP contribution in [0.5, 0.6) is 0 Å². The maximum absolute atomic E-state index is 12.1. The Kier molecular flexibility index (Phi) is 5.00. The molecule has 0 aliphatic rings. The van der Waals surface area contributed by atoms with Gasteiger partial charge in [0, 0.05) is 10.2 Å². The van der Waals surface area contributed by atoms with Crippen LogP contribution in [0.3, 0.4) is 0 Å². The van der Waals surface area contributed by atoms with Crippen LogP contribution < -0.4 is 10.9 Å². The molecule has 0 amide bonds. The Bertz CT molecular complexity index is 1130. The topological polar surface area (TPSA) is 83.6 Å². The van der Waals surface area contributed by atoms with Crippen LogP contribution >= 0.6 is 39.0 Å². The number of nitrogens with one attached hydrogen (secondary N) is 2. The molecule has 0 atom stereocenters. The summed E-state index contributed by atoms with van der Waals surface area (Å²) >= 11 is 6.39. The van der Waals surface area contributed by atoms with Crippen molar-refractivity contribution in [3.8, 4) is 0 Å². The monoisotopic (exact) mass is 445 g/mol. The first-order valence-corrected chi connectivity index (χ1v) is 10.2. The van der Waals surface area contributed by atoms with Gasteiger partial charge >= 0.3 is 0 Å². The third-order valence-corrected chi connectivity index (χ3v) is 5.95. The minimum atomic E-state index is -0.125. The predicted octanol–water partition coefficient (Wildman–Crippen LogP) is 4.57. The van der Waals surface area contributed by atoms with Crippen molar-refractivity contribution in [2.75, 3.05) is 5.32 Å². The standard InChI is InChI=1S/C17H12BrN5OS2/c18-10-4-3-5-11(8-10)19-16-22-23-17(26-16)25-9-14-20-13-7-2-1-6-12(13)15(24)21-14/h1-8H,9H2,(H,19,22)(H,20,21,24). The van der Waals surface area contributed by atoms with E-state index in [2.05, 4.69) is 41.4 Å². The number of anilines is 2. The van der Waals surface area contributed by atoms with Crippen molar-refractivity contribution < 1.29 is 0 Å². The van der Waals surface area contributed by atoms with Crippen LogP contribution in [0.25, 0.3) is 10.9 Å². The van der Waals surface area contributed by atoms with Crippen LogP contribution in [0.15, 0.2) is 62.1 Å². The number of thioether (sulfide) groups is 1. The van der Waals surface area contributed by atoms with E-state index in [1.165, 1.54) is 23.1 Å². The van der Waals surface area contributed by atoms with E-state index in [1.54, 1.807) is 6.07 Å². The molecular formula is C17H12BrN5OS2. The number of hydrogen-bond donors (Lipinski definition) is 2. The summed E-state index contributed by atoms with van der Waals surface area (Å²) in [6, 6.07) is 15.1. The number of aromatic nitrogens is 4. The Morgan fingerprint density at radius 3 is 2.92 bits per heavy atom. The molecule has 9 heteroatoms. The average Bonchev–Trinajstić information content (AvgIpc) is 3.07. The Labute approximate surface area is 165 Å². The number of rotatable bonds is 5. The van der Waals surface area contributed by atoms with Crippen molar-refractivity contribution in [1.82, 2.24) is 20.2 Å². The van der Waals surface area contributed by atoms with Crippen molar-refractivity contribution >= 4 is 60.8 Å². The zero-order chi connectivity index (χ0) is 17.9. The van der Waals surface area contributed by atoms with Crippen molar-refractivity contribution in [3.63, 3.8) is 0 Å². The molecule has 130 valence electrons. The fourth-order valence-electron chi connectivity index (χ4n) is 2.34. The van der Waals surface area contributed by atoms with Gasteiger partial charge in [-0.3, -0.25) is 4.79 Å². The van der Waals surface area contributed by atoms with Crippen molar-refractivity contribution in [2.24, 2.45) is 0 Å². The highest BCUT2D eigenvalue weighted by Gasteiger charge is 2.08. The lowest BCUT2D eigenvalue weighted by Crippen LogP contribution is -2.11. The lowest BCUT2D eigenvalue weighted by molar-refractivity contribution is 1.00. The number of benzene rings is 2. The maximum Gasteiger partial charge on any atom is 0.258 e. The van der Waals surface area contributed by atoms with E-state index in [1.807, 2.05) is 42.5 Å². The second-order valence-corrected chi connectivity index (χ2v) is 8.44. The molecule has 26 heavy (non-hydrogen) atoms. The molecule has 0 fully saturated rings. The third kappa shape index (κ3) is 3.95. The van der Waals surface area contributed by atoms with Crippen LogP contribution in [-0.4, -0.2) is 20.2 Å². The molecule has 2 N–H and O–H groups in total. The largest absolute Gasteiger partial charge is 0.330 e. The lowest BCUT2D eigenvalue weighted by atomic mass is 10.2. The summed E-state index contributed by atoms with van der Waals surface area (Å²) in [5.74, 6) is 1.14. The second kappa shape index (κ2) is 7.56. The number of H-pyrrole nitrogens is 1. The fourth-order valence-corrected chi connectivity index (χ4v) is 4.38. The van der Waals surface area contributed by atoms with E-state index in [0.717, 1.165) is 14.5 Å². The molecule has 0 bridgehead atoms. The molecule has 4 aromatic rings.